The van der Waals surface area contributed by atoms with Crippen LogP contribution in [0.25, 0.3) is 11.0 Å². The van der Waals surface area contributed by atoms with Crippen LogP contribution in [0.3, 0.4) is 0 Å². The minimum absolute atomic E-state index is 0.00612. The first-order valence-corrected chi connectivity index (χ1v) is 33.7. The van der Waals surface area contributed by atoms with Crippen LogP contribution in [0.4, 0.5) is 0 Å². The molecule has 1 saturated heterocycles. The topological polar surface area (TPSA) is 307 Å². The lowest BCUT2D eigenvalue weighted by atomic mass is 9.91. The van der Waals surface area contributed by atoms with Gasteiger partial charge in [-0.1, -0.05) is 117 Å². The van der Waals surface area contributed by atoms with Crippen molar-refractivity contribution in [2.75, 3.05) is 55.9 Å². The lowest BCUT2D eigenvalue weighted by molar-refractivity contribution is -0.157. The number of benzene rings is 1. The normalized spacial score (nSPS) is 25.5. The van der Waals surface area contributed by atoms with Crippen LogP contribution in [0.15, 0.2) is 18.2 Å². The molecule has 0 radical (unpaired) electrons. The zero-order valence-corrected chi connectivity index (χ0v) is 61.2. The molecule has 0 spiro atoms. The molecule has 1 aromatic heterocycles. The van der Waals surface area contributed by atoms with E-state index in [4.69, 9.17) is 4.98 Å². The Bertz CT molecular complexity index is 2960. The van der Waals surface area contributed by atoms with Gasteiger partial charge in [0.05, 0.1) is 23.7 Å². The molecule has 2 heterocycles. The monoisotopic (exact) mass is 1320 g/mol. The predicted molar refractivity (Wildman–Crippen MR) is 363 cm³/mol. The third-order valence-corrected chi connectivity index (χ3v) is 18.1. The molecule has 1 aliphatic heterocycles. The van der Waals surface area contributed by atoms with Crippen LogP contribution in [0.2, 0.25) is 0 Å². The van der Waals surface area contributed by atoms with E-state index >= 15 is 19.2 Å². The first kappa shape index (κ1) is 81.1. The summed E-state index contributed by atoms with van der Waals surface area (Å²) in [6.07, 6.45) is -0.949. The van der Waals surface area contributed by atoms with Crippen LogP contribution in [0.5, 0.6) is 0 Å². The number of carbonyl (C=O) groups is 11. The smallest absolute Gasteiger partial charge is 0.246 e. The molecule has 0 saturated carbocycles. The SMILES string of the molecule is CC[C@@H]1NC(=O)[C@H]([C@H](O)[C@H](C)Cc2nc3ccc(C(C)C)cc3[nH]2)N(C)C(=O)[C@H](C(C)C)N(C)C(=O)[C@H](CC(C)C)N(C)C(=O)[C@H](CC(C)C)N(C)C(=O)[C@@H](C)NC(=O)[C@H](C)NC(=O)[C@H](CC(C)C)N(C)C(=O)[C@H](C(C)C)NC(=O)[C@H](CC(C)C)N(C)C(=O)CN(C)C1=O. The van der Waals surface area contributed by atoms with Gasteiger partial charge in [0.15, 0.2) is 0 Å². The highest BCUT2D eigenvalue weighted by Crippen LogP contribution is 2.27. The number of imidazole rings is 1. The first-order chi connectivity index (χ1) is 43.5. The molecule has 0 aliphatic carbocycles. The first-order valence-electron chi connectivity index (χ1n) is 33.7. The third-order valence-electron chi connectivity index (χ3n) is 18.1. The number of aliphatic hydroxyl groups excluding tert-OH is 1. The Balaban J connectivity index is 2.33. The lowest BCUT2D eigenvalue weighted by Crippen LogP contribution is -2.63. The van der Waals surface area contributed by atoms with Crippen molar-refractivity contribution in [3.8, 4) is 0 Å². The summed E-state index contributed by atoms with van der Waals surface area (Å²) in [5, 5.41) is 23.7. The Hall–Kier alpha value is -7.18. The maximum atomic E-state index is 15.5. The van der Waals surface area contributed by atoms with Gasteiger partial charge in [0.1, 0.15) is 66.2 Å². The Morgan fingerprint density at radius 3 is 1.44 bits per heavy atom. The molecule has 0 unspecified atom stereocenters. The van der Waals surface area contributed by atoms with Crippen molar-refractivity contribution in [2.45, 2.75) is 236 Å². The number of aromatic nitrogens is 2. The number of hydrogen-bond donors (Lipinski definition) is 6. The average Bonchev–Trinajstić information content (AvgIpc) is 0.992. The summed E-state index contributed by atoms with van der Waals surface area (Å²) in [5.74, 6) is -9.41. The van der Waals surface area contributed by atoms with Crippen LogP contribution in [-0.2, 0) is 59.2 Å². The highest BCUT2D eigenvalue weighted by molar-refractivity contribution is 5.99. The molecule has 94 heavy (non-hydrogen) atoms. The summed E-state index contributed by atoms with van der Waals surface area (Å²) in [6, 6.07) is -6.73. The highest BCUT2D eigenvalue weighted by Gasteiger charge is 2.46. The van der Waals surface area contributed by atoms with E-state index in [1.165, 1.54) is 87.7 Å². The molecule has 6 N–H and O–H groups in total. The van der Waals surface area contributed by atoms with E-state index in [1.54, 1.807) is 41.5 Å². The molecule has 2 aromatic rings. The minimum Gasteiger partial charge on any atom is -0.390 e. The summed E-state index contributed by atoms with van der Waals surface area (Å²) in [5.41, 5.74) is 2.55. The standard InChI is InChI=1S/C69H117N13O12/c1-26-47-65(90)76(19)35-55(83)77(20)50(29-36(2)3)62(87)75-56(41(12)13)68(93)78(21)51(30-37(4)5)61(86)70-44(17)60(85)71-45(18)64(89)79(22)52(31-38(6)7)66(91)80(23)53(32-39(8)9)67(92)81(24)57(42(14)15)69(94)82(25)58(63(88)74-47)59(84)43(16)33-54-72-48-28-27-46(40(10)11)34-49(48)73-54/h27-28,34,36-45,47,50-53,56-59,84H,26,29-33,35H2,1-25H3,(H,70,86)(H,71,85)(H,72,73)(H,74,88)(H,75,87)/t43-,44+,45-,47+,50+,51+,52+,53+,56+,57+,58+,59-/m1/s1. The number of hydrogen-bond acceptors (Lipinski definition) is 13. The summed E-state index contributed by atoms with van der Waals surface area (Å²) in [7, 11) is 9.92. The lowest BCUT2D eigenvalue weighted by Gasteiger charge is -2.41. The average molecular weight is 1320 g/mol. The van der Waals surface area contributed by atoms with Gasteiger partial charge in [0.2, 0.25) is 65.0 Å². The summed E-state index contributed by atoms with van der Waals surface area (Å²) < 4.78 is 0. The molecular formula is C69H117N13O12. The van der Waals surface area contributed by atoms with Gasteiger partial charge < -0.3 is 65.7 Å². The van der Waals surface area contributed by atoms with Crippen LogP contribution in [-0.4, -0.2) is 237 Å². The Morgan fingerprint density at radius 2 is 0.947 bits per heavy atom. The van der Waals surface area contributed by atoms with E-state index in [0.717, 1.165) is 20.9 Å². The molecule has 1 aliphatic rings. The van der Waals surface area contributed by atoms with E-state index in [2.05, 4.69) is 40.1 Å². The van der Waals surface area contributed by atoms with Crippen molar-refractivity contribution in [1.29, 1.82) is 0 Å². The fraction of sp³-hybridized carbons (Fsp3) is 0.739. The molecule has 530 valence electrons. The molecule has 1 fully saturated rings. The predicted octanol–water partition coefficient (Wildman–Crippen LogP) is 4.55. The number of likely N-dealkylation sites (N-methyl/N-ethyl adjacent to an activating group) is 7. The van der Waals surface area contributed by atoms with Crippen LogP contribution in [0, 0.1) is 41.4 Å². The summed E-state index contributed by atoms with van der Waals surface area (Å²) >= 11 is 0. The third kappa shape index (κ3) is 21.2. The zero-order chi connectivity index (χ0) is 72.0. The molecule has 3 rings (SSSR count). The quantitative estimate of drug-likeness (QED) is 0.135. The second kappa shape index (κ2) is 35.5. The van der Waals surface area contributed by atoms with Gasteiger partial charge in [-0.15, -0.1) is 0 Å². The van der Waals surface area contributed by atoms with Crippen LogP contribution >= 0.6 is 0 Å². The van der Waals surface area contributed by atoms with E-state index in [0.29, 0.717) is 11.3 Å². The summed E-state index contributed by atoms with van der Waals surface area (Å²) in [6.45, 7) is 31.7. The number of fused-ring (bicyclic) bond motifs is 1. The van der Waals surface area contributed by atoms with E-state index in [-0.39, 0.29) is 68.1 Å². The van der Waals surface area contributed by atoms with Crippen molar-refractivity contribution in [2.24, 2.45) is 41.4 Å². The Kier molecular flexibility index (Phi) is 30.6. The van der Waals surface area contributed by atoms with Crippen molar-refractivity contribution in [1.82, 2.24) is 65.5 Å². The van der Waals surface area contributed by atoms with Crippen LogP contribution < -0.4 is 21.3 Å². The number of rotatable bonds is 16. The van der Waals surface area contributed by atoms with E-state index in [9.17, 15) is 38.7 Å². The molecular weight excluding hydrogens is 1200 g/mol. The van der Waals surface area contributed by atoms with Crippen molar-refractivity contribution >= 4 is 76.0 Å². The second-order valence-electron chi connectivity index (χ2n) is 29.1. The van der Waals surface area contributed by atoms with Gasteiger partial charge in [0, 0.05) is 55.8 Å². The number of nitrogens with zero attached hydrogens (tertiary/aromatic N) is 8. The van der Waals surface area contributed by atoms with Gasteiger partial charge in [-0.3, -0.25) is 52.7 Å². The number of aliphatic hydroxyl groups is 1. The molecule has 25 heteroatoms. The number of nitrogens with one attached hydrogen (secondary N) is 5. The largest absolute Gasteiger partial charge is 0.390 e. The van der Waals surface area contributed by atoms with Crippen molar-refractivity contribution < 1.29 is 57.8 Å². The van der Waals surface area contributed by atoms with Crippen LogP contribution in [0.1, 0.15) is 174 Å². The number of amides is 11. The van der Waals surface area contributed by atoms with E-state index < -0.39 is 156 Å². The molecule has 0 bridgehead atoms. The van der Waals surface area contributed by atoms with Gasteiger partial charge in [-0.25, -0.2) is 4.98 Å². The Morgan fingerprint density at radius 1 is 0.489 bits per heavy atom. The van der Waals surface area contributed by atoms with Crippen molar-refractivity contribution in [3.63, 3.8) is 0 Å². The zero-order valence-electron chi connectivity index (χ0n) is 61.2. The molecule has 1 aromatic carbocycles. The minimum atomic E-state index is -1.70. The summed E-state index contributed by atoms with van der Waals surface area (Å²) in [4.78, 5) is 179. The van der Waals surface area contributed by atoms with Gasteiger partial charge >= 0.3 is 0 Å². The fourth-order valence-corrected chi connectivity index (χ4v) is 12.2. The molecule has 12 atom stereocenters. The Labute approximate surface area is 559 Å². The maximum Gasteiger partial charge on any atom is 0.246 e. The van der Waals surface area contributed by atoms with Gasteiger partial charge in [-0.2, -0.15) is 0 Å². The second-order valence-corrected chi connectivity index (χ2v) is 29.1. The molecule has 25 nitrogen and oxygen atoms in total. The van der Waals surface area contributed by atoms with Gasteiger partial charge in [-0.05, 0) is 111 Å². The maximum absolute atomic E-state index is 15.5. The fourth-order valence-electron chi connectivity index (χ4n) is 12.2. The molecule has 11 amide bonds. The van der Waals surface area contributed by atoms with E-state index in [1.807, 2.05) is 73.6 Å². The highest BCUT2D eigenvalue weighted by atomic mass is 16.3. The number of H-pyrrole nitrogens is 1. The number of aromatic amines is 1. The van der Waals surface area contributed by atoms with Crippen molar-refractivity contribution in [3.05, 3.63) is 29.6 Å². The number of carbonyl (C=O) groups excluding carboxylic acids is 11. The van der Waals surface area contributed by atoms with Gasteiger partial charge in [0.25, 0.3) is 0 Å².